The molecule has 0 aromatic carbocycles. The van der Waals surface area contributed by atoms with Gasteiger partial charge in [0.15, 0.2) is 0 Å². The second-order valence-electron chi connectivity index (χ2n) is 5.08. The van der Waals surface area contributed by atoms with Gasteiger partial charge in [-0.05, 0) is 20.8 Å². The molecule has 21 heavy (non-hydrogen) atoms. The minimum atomic E-state index is -0.637. The van der Waals surface area contributed by atoms with Gasteiger partial charge in [-0.2, -0.15) is 9.97 Å². The Morgan fingerprint density at radius 3 is 2.33 bits per heavy atom. The van der Waals surface area contributed by atoms with E-state index >= 15 is 0 Å². The molecule has 1 unspecified atom stereocenters. The highest BCUT2D eigenvalue weighted by Crippen LogP contribution is 2.11. The summed E-state index contributed by atoms with van der Waals surface area (Å²) in [5.41, 5.74) is 10.9. The predicted octanol–water partition coefficient (Wildman–Crippen LogP) is -0.212. The number of anilines is 2. The number of ether oxygens (including phenoxy) is 1. The van der Waals surface area contributed by atoms with Gasteiger partial charge in [-0.25, -0.2) is 0 Å². The second-order valence-corrected chi connectivity index (χ2v) is 5.08. The molecular formula is C11H25Cl2N5O3. The molecule has 0 radical (unpaired) electrons. The summed E-state index contributed by atoms with van der Waals surface area (Å²) in [4.78, 5) is 7.57. The maximum atomic E-state index is 9.72. The molecule has 1 aromatic heterocycles. The van der Waals surface area contributed by atoms with Gasteiger partial charge >= 0.3 is 0 Å². The quantitative estimate of drug-likeness (QED) is 0.576. The Morgan fingerprint density at radius 1 is 1.29 bits per heavy atom. The van der Waals surface area contributed by atoms with E-state index in [0.717, 1.165) is 0 Å². The molecule has 10 heteroatoms. The van der Waals surface area contributed by atoms with E-state index in [0.29, 0.717) is 6.54 Å². The molecule has 126 valence electrons. The van der Waals surface area contributed by atoms with Crippen molar-refractivity contribution in [1.29, 1.82) is 0 Å². The third-order valence-corrected chi connectivity index (χ3v) is 2.03. The number of nitrogens with zero attached hydrogens (tertiary/aromatic N) is 2. The number of nitrogens with one attached hydrogen (secondary N) is 1. The van der Waals surface area contributed by atoms with E-state index in [9.17, 15) is 5.11 Å². The molecule has 0 spiro atoms. The van der Waals surface area contributed by atoms with Gasteiger partial charge in [0.05, 0.1) is 0 Å². The van der Waals surface area contributed by atoms with E-state index in [4.69, 9.17) is 16.2 Å². The van der Waals surface area contributed by atoms with Crippen molar-refractivity contribution in [1.82, 2.24) is 15.3 Å². The number of nitrogen functional groups attached to an aromatic ring is 2. The van der Waals surface area contributed by atoms with Crippen LogP contribution in [0.15, 0.2) is 6.07 Å². The van der Waals surface area contributed by atoms with Gasteiger partial charge in [0.25, 0.3) is 0 Å². The molecule has 8 N–H and O–H groups in total. The summed E-state index contributed by atoms with van der Waals surface area (Å²) < 4.78 is 5.29. The molecule has 0 fully saturated rings. The molecule has 0 aliphatic heterocycles. The number of hydrogen-bond acceptors (Lipinski definition) is 7. The monoisotopic (exact) mass is 345 g/mol. The number of halogens is 2. The van der Waals surface area contributed by atoms with Crippen molar-refractivity contribution in [2.24, 2.45) is 0 Å². The van der Waals surface area contributed by atoms with E-state index in [1.54, 1.807) is 0 Å². The van der Waals surface area contributed by atoms with Crippen LogP contribution in [0.2, 0.25) is 0 Å². The summed E-state index contributed by atoms with van der Waals surface area (Å²) in [6, 6.07) is 1.46. The maximum absolute atomic E-state index is 9.72. The zero-order valence-electron chi connectivity index (χ0n) is 12.3. The Bertz CT molecular complexity index is 384. The second kappa shape index (κ2) is 10.6. The van der Waals surface area contributed by atoms with Crippen LogP contribution in [0.3, 0.4) is 0 Å². The van der Waals surface area contributed by atoms with Gasteiger partial charge in [0, 0.05) is 18.2 Å². The molecule has 0 bridgehead atoms. The molecule has 8 nitrogen and oxygen atoms in total. The lowest BCUT2D eigenvalue weighted by molar-refractivity contribution is 0.0978. The number of nitrogens with two attached hydrogens (primary N) is 2. The van der Waals surface area contributed by atoms with Crippen molar-refractivity contribution in [2.75, 3.05) is 24.6 Å². The van der Waals surface area contributed by atoms with Crippen LogP contribution in [0, 0.1) is 0 Å². The first-order valence-corrected chi connectivity index (χ1v) is 5.72. The van der Waals surface area contributed by atoms with Gasteiger partial charge in [-0.1, -0.05) is 0 Å². The highest BCUT2D eigenvalue weighted by atomic mass is 35.5. The van der Waals surface area contributed by atoms with Crippen LogP contribution in [0.25, 0.3) is 0 Å². The Hall–Kier alpha value is -1.06. The van der Waals surface area contributed by atoms with Crippen LogP contribution in [0.1, 0.15) is 20.8 Å². The predicted molar refractivity (Wildman–Crippen MR) is 88.2 cm³/mol. The fourth-order valence-electron chi connectivity index (χ4n) is 1.20. The van der Waals surface area contributed by atoms with Crippen LogP contribution < -0.4 is 21.5 Å². The highest BCUT2D eigenvalue weighted by Gasteiger charge is 2.13. The summed E-state index contributed by atoms with van der Waals surface area (Å²) in [5, 5.41) is 12.9. The van der Waals surface area contributed by atoms with E-state index in [-0.39, 0.29) is 60.1 Å². The molecule has 1 atom stereocenters. The molecule has 1 rings (SSSR count). The minimum Gasteiger partial charge on any atom is -0.475 e. The Morgan fingerprint density at radius 2 is 1.86 bits per heavy atom. The largest absolute Gasteiger partial charge is 0.475 e. The lowest BCUT2D eigenvalue weighted by Gasteiger charge is -2.22. The number of aliphatic hydroxyl groups is 1. The molecular weight excluding hydrogens is 321 g/mol. The normalized spacial score (nSPS) is 11.4. The van der Waals surface area contributed by atoms with Gasteiger partial charge in [-0.15, -0.1) is 24.8 Å². The van der Waals surface area contributed by atoms with Crippen LogP contribution in [0.4, 0.5) is 11.8 Å². The molecule has 1 heterocycles. The maximum Gasteiger partial charge on any atom is 0.225 e. The first-order chi connectivity index (χ1) is 8.26. The summed E-state index contributed by atoms with van der Waals surface area (Å²) in [6.45, 7) is 6.60. The van der Waals surface area contributed by atoms with E-state index < -0.39 is 6.10 Å². The molecule has 0 aliphatic rings. The van der Waals surface area contributed by atoms with Gasteiger partial charge in [0.2, 0.25) is 11.8 Å². The number of aromatic nitrogens is 2. The summed E-state index contributed by atoms with van der Waals surface area (Å²) in [6.07, 6.45) is -0.637. The van der Waals surface area contributed by atoms with Crippen molar-refractivity contribution in [3.05, 3.63) is 6.07 Å². The van der Waals surface area contributed by atoms with Gasteiger partial charge in [-0.3, -0.25) is 0 Å². The Kier molecular flexibility index (Phi) is 12.6. The molecule has 0 saturated heterocycles. The number of β-amino-alcohol motifs (C(OH)–C–C–N with tert-alkyl or cyclic N) is 1. The fourth-order valence-corrected chi connectivity index (χ4v) is 1.20. The van der Waals surface area contributed by atoms with Crippen molar-refractivity contribution in [2.45, 2.75) is 32.4 Å². The van der Waals surface area contributed by atoms with Crippen LogP contribution in [0.5, 0.6) is 5.88 Å². The Balaban J connectivity index is -0.00000108. The number of aliphatic hydroxyl groups excluding tert-OH is 1. The van der Waals surface area contributed by atoms with Crippen molar-refractivity contribution < 1.29 is 15.3 Å². The molecule has 1 aromatic rings. The summed E-state index contributed by atoms with van der Waals surface area (Å²) >= 11 is 0. The molecule has 0 saturated carbocycles. The minimum absolute atomic E-state index is 0. The number of rotatable bonds is 5. The summed E-state index contributed by atoms with van der Waals surface area (Å²) in [5.74, 6) is 0.543. The first kappa shape index (κ1) is 24.9. The van der Waals surface area contributed by atoms with Crippen LogP contribution in [-0.4, -0.2) is 45.3 Å². The number of hydrogen-bond donors (Lipinski definition) is 4. The summed E-state index contributed by atoms with van der Waals surface area (Å²) in [7, 11) is 0. The van der Waals surface area contributed by atoms with Gasteiger partial charge < -0.3 is 32.1 Å². The SMILES string of the molecule is CC(C)(C)NCC(O)COc1cc(N)nc(N)n1.Cl.Cl.O. The van der Waals surface area contributed by atoms with E-state index in [1.165, 1.54) is 6.07 Å². The standard InChI is InChI=1S/C11H21N5O2.2ClH.H2O/c1-11(2,3)14-5-7(17)6-18-9-4-8(12)15-10(13)16-9;;;/h4,7,14,17H,5-6H2,1-3H3,(H4,12,13,15,16);2*1H;1H2. The van der Waals surface area contributed by atoms with Crippen LogP contribution in [-0.2, 0) is 0 Å². The molecule has 0 aliphatic carbocycles. The zero-order valence-corrected chi connectivity index (χ0v) is 13.9. The lowest BCUT2D eigenvalue weighted by Crippen LogP contribution is -2.42. The lowest BCUT2D eigenvalue weighted by atomic mass is 10.1. The van der Waals surface area contributed by atoms with Crippen LogP contribution >= 0.6 is 24.8 Å². The average Bonchev–Trinajstić information content (AvgIpc) is 2.21. The van der Waals surface area contributed by atoms with Crippen molar-refractivity contribution in [3.63, 3.8) is 0 Å². The highest BCUT2D eigenvalue weighted by molar-refractivity contribution is 5.85. The average molecular weight is 346 g/mol. The smallest absolute Gasteiger partial charge is 0.225 e. The molecule has 0 amide bonds. The third-order valence-electron chi connectivity index (χ3n) is 2.03. The van der Waals surface area contributed by atoms with E-state index in [2.05, 4.69) is 15.3 Å². The van der Waals surface area contributed by atoms with Crippen molar-refractivity contribution >= 4 is 36.6 Å². The van der Waals surface area contributed by atoms with E-state index in [1.807, 2.05) is 20.8 Å². The van der Waals surface area contributed by atoms with Gasteiger partial charge in [0.1, 0.15) is 18.5 Å². The first-order valence-electron chi connectivity index (χ1n) is 5.72. The Labute approximate surface area is 136 Å². The topological polar surface area (TPSA) is 151 Å². The fraction of sp³-hybridized carbons (Fsp3) is 0.636. The zero-order chi connectivity index (χ0) is 13.8. The van der Waals surface area contributed by atoms with Crippen molar-refractivity contribution in [3.8, 4) is 5.88 Å². The third kappa shape index (κ3) is 11.3.